The fraction of sp³-hybridized carbons (Fsp3) is 0.429. The largest absolute Gasteiger partial charge is 0.493 e. The highest BCUT2D eigenvalue weighted by molar-refractivity contribution is 7.09. The van der Waals surface area contributed by atoms with Crippen LogP contribution in [0.1, 0.15) is 21.8 Å². The summed E-state index contributed by atoms with van der Waals surface area (Å²) in [6.07, 6.45) is 2.77. The molecular weight excluding hydrogens is 258 g/mol. The Hall–Kier alpha value is -1.46. The Kier molecular flexibility index (Phi) is 4.87. The molecule has 0 spiro atoms. The van der Waals surface area contributed by atoms with E-state index in [4.69, 9.17) is 4.74 Å². The zero-order chi connectivity index (χ0) is 13.7. The van der Waals surface area contributed by atoms with Gasteiger partial charge in [0.1, 0.15) is 5.75 Å². The molecule has 2 aromatic heterocycles. The van der Waals surface area contributed by atoms with Gasteiger partial charge in [-0.05, 0) is 20.9 Å². The van der Waals surface area contributed by atoms with E-state index >= 15 is 0 Å². The molecular formula is C14H19N3OS. The van der Waals surface area contributed by atoms with Crippen LogP contribution < -0.4 is 10.1 Å². The first-order valence-electron chi connectivity index (χ1n) is 6.32. The van der Waals surface area contributed by atoms with Crippen molar-refractivity contribution < 1.29 is 4.74 Å². The molecule has 1 N–H and O–H groups in total. The molecule has 2 aromatic rings. The topological polar surface area (TPSA) is 47.0 Å². The molecule has 0 unspecified atom stereocenters. The Labute approximate surface area is 117 Å². The van der Waals surface area contributed by atoms with Crippen molar-refractivity contribution in [1.29, 1.82) is 0 Å². The van der Waals surface area contributed by atoms with Crippen molar-refractivity contribution in [2.75, 3.05) is 13.7 Å². The number of nitrogens with one attached hydrogen (secondary N) is 1. The molecule has 5 heteroatoms. The van der Waals surface area contributed by atoms with Gasteiger partial charge in [0.25, 0.3) is 0 Å². The van der Waals surface area contributed by atoms with Crippen molar-refractivity contribution in [3.8, 4) is 5.75 Å². The highest BCUT2D eigenvalue weighted by Crippen LogP contribution is 2.19. The van der Waals surface area contributed by atoms with E-state index in [1.807, 2.05) is 38.7 Å². The van der Waals surface area contributed by atoms with Crippen LogP contribution in [-0.4, -0.2) is 23.6 Å². The van der Waals surface area contributed by atoms with Crippen LogP contribution in [0.25, 0.3) is 0 Å². The molecule has 0 saturated heterocycles. The summed E-state index contributed by atoms with van der Waals surface area (Å²) in [6.45, 7) is 5.45. The summed E-state index contributed by atoms with van der Waals surface area (Å²) in [6, 6.07) is 1.99. The maximum absolute atomic E-state index is 5.90. The van der Waals surface area contributed by atoms with Gasteiger partial charge in [-0.15, -0.1) is 11.3 Å². The van der Waals surface area contributed by atoms with Gasteiger partial charge in [-0.2, -0.15) is 0 Å². The van der Waals surface area contributed by atoms with E-state index in [1.165, 1.54) is 4.88 Å². The number of rotatable bonds is 6. The van der Waals surface area contributed by atoms with Gasteiger partial charge in [-0.3, -0.25) is 4.98 Å². The first kappa shape index (κ1) is 14.0. The minimum Gasteiger partial charge on any atom is -0.493 e. The molecule has 19 heavy (non-hydrogen) atoms. The third-order valence-electron chi connectivity index (χ3n) is 2.88. The van der Waals surface area contributed by atoms with Crippen LogP contribution >= 0.6 is 11.3 Å². The van der Waals surface area contributed by atoms with Crippen molar-refractivity contribution in [1.82, 2.24) is 15.3 Å². The molecule has 4 nitrogen and oxygen atoms in total. The molecule has 0 amide bonds. The maximum Gasteiger partial charge on any atom is 0.127 e. The lowest BCUT2D eigenvalue weighted by molar-refractivity contribution is 0.318. The predicted octanol–water partition coefficient (Wildman–Crippen LogP) is 2.50. The van der Waals surface area contributed by atoms with Crippen LogP contribution in [0.2, 0.25) is 0 Å². The molecule has 0 atom stereocenters. The number of nitrogens with zero attached hydrogens (tertiary/aromatic N) is 2. The average Bonchev–Trinajstić information content (AvgIpc) is 2.79. The van der Waals surface area contributed by atoms with Crippen LogP contribution in [0.3, 0.4) is 0 Å². The minimum absolute atomic E-state index is 0.670. The average molecular weight is 277 g/mol. The first-order valence-corrected chi connectivity index (χ1v) is 7.20. The molecule has 0 aliphatic heterocycles. The zero-order valence-electron chi connectivity index (χ0n) is 11.6. The van der Waals surface area contributed by atoms with E-state index in [9.17, 15) is 0 Å². The lowest BCUT2D eigenvalue weighted by atomic mass is 10.2. The van der Waals surface area contributed by atoms with Gasteiger partial charge in [0.2, 0.25) is 0 Å². The van der Waals surface area contributed by atoms with Gasteiger partial charge in [0.15, 0.2) is 0 Å². The molecule has 0 aliphatic carbocycles. The Morgan fingerprint density at radius 1 is 1.32 bits per heavy atom. The smallest absolute Gasteiger partial charge is 0.127 e. The highest BCUT2D eigenvalue weighted by Gasteiger charge is 2.06. The van der Waals surface area contributed by atoms with E-state index in [1.54, 1.807) is 11.3 Å². The number of hydrogen-bond donors (Lipinski definition) is 1. The Balaban J connectivity index is 1.98. The van der Waals surface area contributed by atoms with Gasteiger partial charge >= 0.3 is 0 Å². The van der Waals surface area contributed by atoms with Crippen molar-refractivity contribution in [3.63, 3.8) is 0 Å². The molecule has 0 aliphatic rings. The Morgan fingerprint density at radius 2 is 2.16 bits per heavy atom. The van der Waals surface area contributed by atoms with Gasteiger partial charge in [0.05, 0.1) is 17.8 Å². The monoisotopic (exact) mass is 277 g/mol. The van der Waals surface area contributed by atoms with Crippen LogP contribution in [0.15, 0.2) is 17.8 Å². The van der Waals surface area contributed by atoms with Crippen LogP contribution in [0, 0.1) is 13.8 Å². The fourth-order valence-electron chi connectivity index (χ4n) is 1.84. The van der Waals surface area contributed by atoms with E-state index in [0.717, 1.165) is 35.7 Å². The summed E-state index contributed by atoms with van der Waals surface area (Å²) < 4.78 is 5.90. The summed E-state index contributed by atoms with van der Waals surface area (Å²) in [5, 5.41) is 3.13. The molecule has 0 radical (unpaired) electrons. The van der Waals surface area contributed by atoms with Crippen molar-refractivity contribution in [2.24, 2.45) is 0 Å². The first-order chi connectivity index (χ1) is 9.20. The van der Waals surface area contributed by atoms with Gasteiger partial charge in [-0.1, -0.05) is 0 Å². The molecule has 0 aromatic carbocycles. The van der Waals surface area contributed by atoms with Crippen molar-refractivity contribution in [2.45, 2.75) is 26.8 Å². The number of ether oxygens (including phenoxy) is 1. The number of thiazole rings is 1. The molecule has 102 valence electrons. The zero-order valence-corrected chi connectivity index (χ0v) is 12.4. The number of pyridine rings is 1. The lowest BCUT2D eigenvalue weighted by Gasteiger charge is -2.11. The third kappa shape index (κ3) is 3.75. The van der Waals surface area contributed by atoms with Crippen LogP contribution in [0.5, 0.6) is 5.75 Å². The lowest BCUT2D eigenvalue weighted by Crippen LogP contribution is -2.10. The second kappa shape index (κ2) is 6.63. The summed E-state index contributed by atoms with van der Waals surface area (Å²) in [5.41, 5.74) is 5.06. The second-order valence-corrected chi connectivity index (χ2v) is 5.36. The quantitative estimate of drug-likeness (QED) is 0.881. The summed E-state index contributed by atoms with van der Waals surface area (Å²) in [7, 11) is 1.92. The summed E-state index contributed by atoms with van der Waals surface area (Å²) >= 11 is 1.69. The molecule has 0 fully saturated rings. The normalized spacial score (nSPS) is 10.7. The van der Waals surface area contributed by atoms with Gasteiger partial charge in [-0.25, -0.2) is 4.98 Å². The van der Waals surface area contributed by atoms with Gasteiger partial charge in [0, 0.05) is 41.4 Å². The van der Waals surface area contributed by atoms with E-state index in [0.29, 0.717) is 6.61 Å². The van der Waals surface area contributed by atoms with Crippen molar-refractivity contribution in [3.05, 3.63) is 39.6 Å². The molecule has 2 rings (SSSR count). The number of hydrogen-bond acceptors (Lipinski definition) is 5. The fourth-order valence-corrected chi connectivity index (χ4v) is 2.60. The summed E-state index contributed by atoms with van der Waals surface area (Å²) in [5.74, 6) is 0.920. The molecule has 2 heterocycles. The molecule has 0 bridgehead atoms. The van der Waals surface area contributed by atoms with Crippen molar-refractivity contribution >= 4 is 11.3 Å². The van der Waals surface area contributed by atoms with E-state index < -0.39 is 0 Å². The van der Waals surface area contributed by atoms with E-state index in [2.05, 4.69) is 15.3 Å². The van der Waals surface area contributed by atoms with Crippen LogP contribution in [-0.2, 0) is 13.0 Å². The standard InChI is InChI=1S/C14H19N3OS/c1-10-6-13(12(7-15-3)8-16-10)18-5-4-14-11(2)17-9-19-14/h6,8-9,15H,4-5,7H2,1-3H3. The Bertz CT molecular complexity index is 539. The highest BCUT2D eigenvalue weighted by atomic mass is 32.1. The van der Waals surface area contributed by atoms with Crippen LogP contribution in [0.4, 0.5) is 0 Å². The van der Waals surface area contributed by atoms with E-state index in [-0.39, 0.29) is 0 Å². The number of aromatic nitrogens is 2. The van der Waals surface area contributed by atoms with Gasteiger partial charge < -0.3 is 10.1 Å². The molecule has 0 saturated carbocycles. The summed E-state index contributed by atoms with van der Waals surface area (Å²) in [4.78, 5) is 9.84. The number of aryl methyl sites for hydroxylation is 2. The second-order valence-electron chi connectivity index (χ2n) is 4.42. The maximum atomic E-state index is 5.90. The SMILES string of the molecule is CNCc1cnc(C)cc1OCCc1scnc1C. The predicted molar refractivity (Wildman–Crippen MR) is 77.8 cm³/mol. The third-order valence-corrected chi connectivity index (χ3v) is 3.87. The Morgan fingerprint density at radius 3 is 2.84 bits per heavy atom. The minimum atomic E-state index is 0.670.